The molecule has 6 nitrogen and oxygen atoms in total. The average molecular weight is 401 g/mol. The molecule has 3 N–H and O–H groups in total. The van der Waals surface area contributed by atoms with E-state index in [1.807, 2.05) is 42.5 Å². The summed E-state index contributed by atoms with van der Waals surface area (Å²) in [5.41, 5.74) is 8.26. The summed E-state index contributed by atoms with van der Waals surface area (Å²) in [7, 11) is 0. The van der Waals surface area contributed by atoms with Crippen LogP contribution in [0.1, 0.15) is 34.6 Å². The van der Waals surface area contributed by atoms with Gasteiger partial charge in [-0.3, -0.25) is 25.2 Å². The molecule has 0 heterocycles. The van der Waals surface area contributed by atoms with Crippen LogP contribution >= 0.6 is 0 Å². The lowest BCUT2D eigenvalue weighted by Gasteiger charge is -2.10. The number of anilines is 1. The van der Waals surface area contributed by atoms with E-state index >= 15 is 0 Å². The molecular weight excluding hydrogens is 378 g/mol. The van der Waals surface area contributed by atoms with E-state index in [2.05, 4.69) is 16.2 Å². The van der Waals surface area contributed by atoms with Gasteiger partial charge in [0.1, 0.15) is 0 Å². The van der Waals surface area contributed by atoms with Crippen molar-refractivity contribution in [1.82, 2.24) is 10.9 Å². The van der Waals surface area contributed by atoms with Crippen molar-refractivity contribution >= 4 is 23.4 Å². The van der Waals surface area contributed by atoms with Crippen LogP contribution in [0.15, 0.2) is 78.9 Å². The maximum atomic E-state index is 12.3. The maximum Gasteiger partial charge on any atom is 0.269 e. The Hall–Kier alpha value is -3.93. The second-order valence-corrected chi connectivity index (χ2v) is 7.07. The highest BCUT2D eigenvalue weighted by molar-refractivity contribution is 5.99. The summed E-state index contributed by atoms with van der Waals surface area (Å²) in [6.45, 7) is 3.60. The second-order valence-electron chi connectivity index (χ2n) is 7.07. The first-order chi connectivity index (χ1) is 14.4. The third-order valence-corrected chi connectivity index (χ3v) is 4.48. The van der Waals surface area contributed by atoms with E-state index in [1.165, 1.54) is 0 Å². The van der Waals surface area contributed by atoms with Crippen LogP contribution in [-0.2, 0) is 4.79 Å². The second kappa shape index (κ2) is 9.52. The summed E-state index contributed by atoms with van der Waals surface area (Å²) >= 11 is 0. The number of carbonyl (C=O) groups is 3. The zero-order chi connectivity index (χ0) is 21.5. The molecule has 30 heavy (non-hydrogen) atoms. The molecule has 0 aromatic heterocycles. The summed E-state index contributed by atoms with van der Waals surface area (Å²) in [6, 6.07) is 23.4. The number of hydrogen-bond acceptors (Lipinski definition) is 3. The standard InChI is InChI=1S/C24H23N3O3/c1-16(2)22(28)25-21-14-12-20(13-15-21)24(30)27-26-23(29)19-10-8-18(9-11-19)17-6-4-3-5-7-17/h3-16H,1-2H3,(H,25,28)(H,26,29)(H,27,30). The number of hydrazine groups is 1. The van der Waals surface area contributed by atoms with E-state index < -0.39 is 11.8 Å². The number of nitrogens with one attached hydrogen (secondary N) is 3. The van der Waals surface area contributed by atoms with Gasteiger partial charge in [-0.05, 0) is 47.5 Å². The first-order valence-corrected chi connectivity index (χ1v) is 9.61. The van der Waals surface area contributed by atoms with Gasteiger partial charge in [0.05, 0.1) is 0 Å². The molecule has 6 heteroatoms. The third-order valence-electron chi connectivity index (χ3n) is 4.48. The molecule has 0 fully saturated rings. The number of carbonyl (C=O) groups excluding carboxylic acids is 3. The SMILES string of the molecule is CC(C)C(=O)Nc1ccc(C(=O)NNC(=O)c2ccc(-c3ccccc3)cc2)cc1. The zero-order valence-corrected chi connectivity index (χ0v) is 16.8. The molecule has 0 aliphatic carbocycles. The van der Waals surface area contributed by atoms with E-state index in [0.29, 0.717) is 16.8 Å². The zero-order valence-electron chi connectivity index (χ0n) is 16.8. The number of hydrogen-bond donors (Lipinski definition) is 3. The third kappa shape index (κ3) is 5.32. The average Bonchev–Trinajstić information content (AvgIpc) is 2.78. The molecule has 3 rings (SSSR count). The lowest BCUT2D eigenvalue weighted by molar-refractivity contribution is -0.118. The monoisotopic (exact) mass is 401 g/mol. The Bertz CT molecular complexity index is 1030. The minimum absolute atomic E-state index is 0.0993. The van der Waals surface area contributed by atoms with Gasteiger partial charge in [-0.15, -0.1) is 0 Å². The fourth-order valence-corrected chi connectivity index (χ4v) is 2.69. The molecule has 0 aliphatic rings. The van der Waals surface area contributed by atoms with Crippen LogP contribution in [0.4, 0.5) is 5.69 Å². The largest absolute Gasteiger partial charge is 0.326 e. The van der Waals surface area contributed by atoms with Gasteiger partial charge in [-0.25, -0.2) is 0 Å². The van der Waals surface area contributed by atoms with Crippen LogP contribution in [-0.4, -0.2) is 17.7 Å². The van der Waals surface area contributed by atoms with E-state index in [9.17, 15) is 14.4 Å². The van der Waals surface area contributed by atoms with E-state index in [-0.39, 0.29) is 11.8 Å². The number of amides is 3. The van der Waals surface area contributed by atoms with Crippen molar-refractivity contribution in [2.24, 2.45) is 5.92 Å². The quantitative estimate of drug-likeness (QED) is 0.564. The summed E-state index contributed by atoms with van der Waals surface area (Å²) in [5.74, 6) is -1.10. The molecule has 0 radical (unpaired) electrons. The van der Waals surface area contributed by atoms with Crippen molar-refractivity contribution in [2.45, 2.75) is 13.8 Å². The molecule has 3 aromatic carbocycles. The molecule has 0 spiro atoms. The van der Waals surface area contributed by atoms with Crippen molar-refractivity contribution in [3.63, 3.8) is 0 Å². The normalized spacial score (nSPS) is 10.4. The van der Waals surface area contributed by atoms with E-state index in [1.54, 1.807) is 50.2 Å². The van der Waals surface area contributed by atoms with Gasteiger partial charge in [0.15, 0.2) is 0 Å². The molecular formula is C24H23N3O3. The van der Waals surface area contributed by atoms with Crippen molar-refractivity contribution < 1.29 is 14.4 Å². The van der Waals surface area contributed by atoms with Crippen molar-refractivity contribution in [3.8, 4) is 11.1 Å². The Morgan fingerprint density at radius 3 is 1.60 bits per heavy atom. The predicted molar refractivity (Wildman–Crippen MR) is 117 cm³/mol. The molecule has 3 aromatic rings. The van der Waals surface area contributed by atoms with Crippen molar-refractivity contribution in [1.29, 1.82) is 0 Å². The molecule has 0 saturated heterocycles. The maximum absolute atomic E-state index is 12.3. The van der Waals surface area contributed by atoms with Crippen LogP contribution in [0.25, 0.3) is 11.1 Å². The Morgan fingerprint density at radius 2 is 1.10 bits per heavy atom. The summed E-state index contributed by atoms with van der Waals surface area (Å²) < 4.78 is 0. The van der Waals surface area contributed by atoms with Gasteiger partial charge in [0, 0.05) is 22.7 Å². The Kier molecular flexibility index (Phi) is 6.60. The van der Waals surface area contributed by atoms with Gasteiger partial charge in [0.25, 0.3) is 11.8 Å². The number of rotatable bonds is 5. The molecule has 0 bridgehead atoms. The highest BCUT2D eigenvalue weighted by Crippen LogP contribution is 2.19. The van der Waals surface area contributed by atoms with Gasteiger partial charge in [-0.1, -0.05) is 56.3 Å². The van der Waals surface area contributed by atoms with Crippen LogP contribution in [0.5, 0.6) is 0 Å². The minimum Gasteiger partial charge on any atom is -0.326 e. The highest BCUT2D eigenvalue weighted by Gasteiger charge is 2.11. The van der Waals surface area contributed by atoms with Crippen molar-refractivity contribution in [3.05, 3.63) is 90.0 Å². The Balaban J connectivity index is 1.55. The molecule has 0 atom stereocenters. The van der Waals surface area contributed by atoms with Crippen molar-refractivity contribution in [2.75, 3.05) is 5.32 Å². The fourth-order valence-electron chi connectivity index (χ4n) is 2.69. The van der Waals surface area contributed by atoms with E-state index in [4.69, 9.17) is 0 Å². The van der Waals surface area contributed by atoms with Crippen LogP contribution in [0, 0.1) is 5.92 Å². The summed E-state index contributed by atoms with van der Waals surface area (Å²) in [4.78, 5) is 36.2. The lowest BCUT2D eigenvalue weighted by atomic mass is 10.0. The molecule has 0 unspecified atom stereocenters. The molecule has 3 amide bonds. The van der Waals surface area contributed by atoms with Gasteiger partial charge >= 0.3 is 0 Å². The summed E-state index contributed by atoms with van der Waals surface area (Å²) in [6.07, 6.45) is 0. The molecule has 0 aliphatic heterocycles. The first-order valence-electron chi connectivity index (χ1n) is 9.61. The fraction of sp³-hybridized carbons (Fsp3) is 0.125. The molecule has 152 valence electrons. The van der Waals surface area contributed by atoms with Gasteiger partial charge in [-0.2, -0.15) is 0 Å². The van der Waals surface area contributed by atoms with Gasteiger partial charge < -0.3 is 5.32 Å². The number of benzene rings is 3. The smallest absolute Gasteiger partial charge is 0.269 e. The lowest BCUT2D eigenvalue weighted by Crippen LogP contribution is -2.41. The Labute approximate surface area is 175 Å². The Morgan fingerprint density at radius 1 is 0.633 bits per heavy atom. The van der Waals surface area contributed by atoms with Crippen LogP contribution in [0.2, 0.25) is 0 Å². The van der Waals surface area contributed by atoms with Crippen LogP contribution < -0.4 is 16.2 Å². The topological polar surface area (TPSA) is 87.3 Å². The van der Waals surface area contributed by atoms with E-state index in [0.717, 1.165) is 11.1 Å². The first kappa shape index (κ1) is 20.8. The van der Waals surface area contributed by atoms with Gasteiger partial charge in [0.2, 0.25) is 5.91 Å². The molecule has 0 saturated carbocycles. The van der Waals surface area contributed by atoms with Crippen LogP contribution in [0.3, 0.4) is 0 Å². The highest BCUT2D eigenvalue weighted by atomic mass is 16.2. The minimum atomic E-state index is -0.453. The predicted octanol–water partition coefficient (Wildman–Crippen LogP) is 4.02. The summed E-state index contributed by atoms with van der Waals surface area (Å²) in [5, 5.41) is 2.76.